The monoisotopic (exact) mass is 474 g/mol. The molecule has 0 saturated carbocycles. The zero-order valence-electron chi connectivity index (χ0n) is 12.0. The highest BCUT2D eigenvalue weighted by molar-refractivity contribution is 9.11. The summed E-state index contributed by atoms with van der Waals surface area (Å²) in [5, 5.41) is 0.821. The minimum atomic E-state index is 0.556. The second kappa shape index (κ2) is 7.80. The van der Waals surface area contributed by atoms with Gasteiger partial charge in [-0.1, -0.05) is 54.0 Å². The van der Waals surface area contributed by atoms with Crippen LogP contribution in [0.4, 0.5) is 0 Å². The number of rotatable bonds is 5. The predicted molar refractivity (Wildman–Crippen MR) is 99.3 cm³/mol. The molecule has 0 aliphatic heterocycles. The summed E-state index contributed by atoms with van der Waals surface area (Å²) in [7, 11) is 0. The van der Waals surface area contributed by atoms with Crippen LogP contribution in [-0.4, -0.2) is 0 Å². The lowest BCUT2D eigenvalue weighted by atomic mass is 10.0. The molecule has 0 fully saturated rings. The second-order valence-corrected chi connectivity index (χ2v) is 7.48. The zero-order chi connectivity index (χ0) is 15.4. The van der Waals surface area contributed by atoms with Crippen LogP contribution in [0.15, 0.2) is 45.3 Å². The highest BCUT2D eigenvalue weighted by atomic mass is 79.9. The molecular formula is C17H17Br3O. The minimum Gasteiger partial charge on any atom is -0.487 e. The molecule has 0 heterocycles. The largest absolute Gasteiger partial charge is 0.487 e. The van der Waals surface area contributed by atoms with Gasteiger partial charge in [-0.3, -0.25) is 0 Å². The standard InChI is InChI=1S/C17H17Br3O/c1-11(2)14-5-3-12(4-6-14)10-21-17-15(19)7-13(9-18)8-16(17)20/h3-8,11H,9-10H2,1-2H3. The van der Waals surface area contributed by atoms with Crippen LogP contribution in [0.25, 0.3) is 0 Å². The van der Waals surface area contributed by atoms with Crippen LogP contribution in [0.1, 0.15) is 36.5 Å². The molecule has 2 aromatic rings. The molecule has 0 amide bonds. The molecule has 0 N–H and O–H groups in total. The molecule has 0 saturated heterocycles. The normalized spacial score (nSPS) is 11.0. The van der Waals surface area contributed by atoms with E-state index in [1.807, 2.05) is 0 Å². The van der Waals surface area contributed by atoms with E-state index in [0.717, 1.165) is 20.0 Å². The molecule has 21 heavy (non-hydrogen) atoms. The molecule has 0 aliphatic carbocycles. The van der Waals surface area contributed by atoms with Gasteiger partial charge in [0.15, 0.2) is 0 Å². The topological polar surface area (TPSA) is 9.23 Å². The molecule has 4 heteroatoms. The Morgan fingerprint density at radius 2 is 1.52 bits per heavy atom. The molecule has 2 rings (SSSR count). The van der Waals surface area contributed by atoms with Crippen molar-refractivity contribution >= 4 is 47.8 Å². The molecule has 2 aromatic carbocycles. The van der Waals surface area contributed by atoms with Crippen molar-refractivity contribution in [2.75, 3.05) is 0 Å². The van der Waals surface area contributed by atoms with Crippen molar-refractivity contribution in [2.24, 2.45) is 0 Å². The summed E-state index contributed by atoms with van der Waals surface area (Å²) in [5.74, 6) is 1.40. The lowest BCUT2D eigenvalue weighted by Gasteiger charge is -2.12. The number of benzene rings is 2. The third-order valence-corrected chi connectivity index (χ3v) is 5.07. The molecule has 112 valence electrons. The van der Waals surface area contributed by atoms with Gasteiger partial charge in [-0.15, -0.1) is 0 Å². The molecule has 0 bridgehead atoms. The first-order valence-electron chi connectivity index (χ1n) is 6.76. The maximum atomic E-state index is 5.94. The number of alkyl halides is 1. The number of halogens is 3. The first-order valence-corrected chi connectivity index (χ1v) is 9.47. The second-order valence-electron chi connectivity index (χ2n) is 5.21. The van der Waals surface area contributed by atoms with Crippen LogP contribution in [-0.2, 0) is 11.9 Å². The van der Waals surface area contributed by atoms with Gasteiger partial charge in [0.1, 0.15) is 12.4 Å². The number of hydrogen-bond donors (Lipinski definition) is 0. The first-order chi connectivity index (χ1) is 10.0. The fourth-order valence-corrected chi connectivity index (χ4v) is 3.82. The van der Waals surface area contributed by atoms with E-state index in [1.165, 1.54) is 16.7 Å². The average Bonchev–Trinajstić information content (AvgIpc) is 2.46. The van der Waals surface area contributed by atoms with E-state index in [9.17, 15) is 0 Å². The van der Waals surface area contributed by atoms with Crippen LogP contribution >= 0.6 is 47.8 Å². The van der Waals surface area contributed by atoms with E-state index in [4.69, 9.17) is 4.74 Å². The van der Waals surface area contributed by atoms with E-state index in [-0.39, 0.29) is 0 Å². The molecule has 0 aromatic heterocycles. The third-order valence-electron chi connectivity index (χ3n) is 3.24. The summed E-state index contributed by atoms with van der Waals surface area (Å²) in [6.07, 6.45) is 0. The minimum absolute atomic E-state index is 0.556. The number of hydrogen-bond acceptors (Lipinski definition) is 1. The van der Waals surface area contributed by atoms with Gasteiger partial charge in [0.05, 0.1) is 8.95 Å². The lowest BCUT2D eigenvalue weighted by molar-refractivity contribution is 0.302. The fraction of sp³-hybridized carbons (Fsp3) is 0.294. The average molecular weight is 477 g/mol. The molecule has 0 unspecified atom stereocenters. The van der Waals surface area contributed by atoms with E-state index < -0.39 is 0 Å². The van der Waals surface area contributed by atoms with Gasteiger partial charge in [0.25, 0.3) is 0 Å². The smallest absolute Gasteiger partial charge is 0.148 e. The van der Waals surface area contributed by atoms with Crippen LogP contribution < -0.4 is 4.74 Å². The molecule has 0 aliphatic rings. The van der Waals surface area contributed by atoms with Gasteiger partial charge in [-0.05, 0) is 66.6 Å². The Morgan fingerprint density at radius 3 is 2.00 bits per heavy atom. The summed E-state index contributed by atoms with van der Waals surface area (Å²) in [5.41, 5.74) is 3.72. The third kappa shape index (κ3) is 4.57. The van der Waals surface area contributed by atoms with Crippen molar-refractivity contribution in [1.29, 1.82) is 0 Å². The molecule has 0 spiro atoms. The summed E-state index contributed by atoms with van der Waals surface area (Å²) >= 11 is 10.6. The van der Waals surface area contributed by atoms with Crippen LogP contribution in [0.2, 0.25) is 0 Å². The Balaban J connectivity index is 2.09. The van der Waals surface area contributed by atoms with Gasteiger partial charge in [0.2, 0.25) is 0 Å². The summed E-state index contributed by atoms with van der Waals surface area (Å²) in [6.45, 7) is 4.96. The van der Waals surface area contributed by atoms with Gasteiger partial charge in [-0.2, -0.15) is 0 Å². The highest BCUT2D eigenvalue weighted by Gasteiger charge is 2.09. The highest BCUT2D eigenvalue weighted by Crippen LogP contribution is 2.35. The first kappa shape index (κ1) is 17.0. The Morgan fingerprint density at radius 1 is 0.952 bits per heavy atom. The Labute approximate surface area is 151 Å². The maximum absolute atomic E-state index is 5.94. The Kier molecular flexibility index (Phi) is 6.33. The van der Waals surface area contributed by atoms with E-state index >= 15 is 0 Å². The van der Waals surface area contributed by atoms with E-state index in [2.05, 4.69) is 98.0 Å². The SMILES string of the molecule is CC(C)c1ccc(COc2c(Br)cc(CBr)cc2Br)cc1. The lowest BCUT2D eigenvalue weighted by Crippen LogP contribution is -1.98. The van der Waals surface area contributed by atoms with Gasteiger partial charge in [-0.25, -0.2) is 0 Å². The van der Waals surface area contributed by atoms with Crippen molar-refractivity contribution in [3.63, 3.8) is 0 Å². The number of ether oxygens (including phenoxy) is 1. The molecular weight excluding hydrogens is 460 g/mol. The summed E-state index contributed by atoms with van der Waals surface area (Å²) in [6, 6.07) is 12.7. The van der Waals surface area contributed by atoms with Gasteiger partial charge in [0, 0.05) is 5.33 Å². The van der Waals surface area contributed by atoms with Crippen LogP contribution in [0, 0.1) is 0 Å². The summed E-state index contributed by atoms with van der Waals surface area (Å²) < 4.78 is 7.87. The van der Waals surface area contributed by atoms with E-state index in [1.54, 1.807) is 0 Å². The van der Waals surface area contributed by atoms with Gasteiger partial charge < -0.3 is 4.74 Å². The maximum Gasteiger partial charge on any atom is 0.148 e. The molecule has 0 atom stereocenters. The fourth-order valence-electron chi connectivity index (χ4n) is 1.98. The van der Waals surface area contributed by atoms with Gasteiger partial charge >= 0.3 is 0 Å². The van der Waals surface area contributed by atoms with Crippen molar-refractivity contribution in [2.45, 2.75) is 31.7 Å². The van der Waals surface area contributed by atoms with E-state index in [0.29, 0.717) is 12.5 Å². The molecule has 0 radical (unpaired) electrons. The van der Waals surface area contributed by atoms with Crippen molar-refractivity contribution in [3.8, 4) is 5.75 Å². The Hall–Kier alpha value is -0.320. The zero-order valence-corrected chi connectivity index (χ0v) is 16.8. The predicted octanol–water partition coefficient (Wildman–Crippen LogP) is 6.81. The molecule has 1 nitrogen and oxygen atoms in total. The van der Waals surface area contributed by atoms with Crippen molar-refractivity contribution in [1.82, 2.24) is 0 Å². The van der Waals surface area contributed by atoms with Crippen LogP contribution in [0.3, 0.4) is 0 Å². The van der Waals surface area contributed by atoms with Crippen LogP contribution in [0.5, 0.6) is 5.75 Å². The van der Waals surface area contributed by atoms with Crippen molar-refractivity contribution in [3.05, 3.63) is 62.0 Å². The van der Waals surface area contributed by atoms with Crippen molar-refractivity contribution < 1.29 is 4.74 Å². The quantitative estimate of drug-likeness (QED) is 0.431. The Bertz CT molecular complexity index is 583. The summed E-state index contributed by atoms with van der Waals surface area (Å²) in [4.78, 5) is 0.